The Morgan fingerprint density at radius 3 is 2.35 bits per heavy atom. The second kappa shape index (κ2) is 6.44. The zero-order valence-electron chi connectivity index (χ0n) is 15.0. The fourth-order valence-electron chi connectivity index (χ4n) is 3.71. The molecule has 1 aliphatic heterocycles. The zero-order chi connectivity index (χ0) is 18.3. The van der Waals surface area contributed by atoms with Crippen LogP contribution in [0.1, 0.15) is 33.8 Å². The molecule has 0 saturated heterocycles. The highest BCUT2D eigenvalue weighted by Gasteiger charge is 2.37. The van der Waals surface area contributed by atoms with Crippen LogP contribution in [0.15, 0.2) is 24.3 Å². The Morgan fingerprint density at radius 2 is 1.65 bits per heavy atom. The molecule has 0 N–H and O–H groups in total. The number of methoxy groups -OCH3 is 3. The second-order valence-electron chi connectivity index (χ2n) is 6.19. The lowest BCUT2D eigenvalue weighted by Crippen LogP contribution is -2.15. The van der Waals surface area contributed by atoms with E-state index in [0.29, 0.717) is 48.2 Å². The fourth-order valence-corrected chi connectivity index (χ4v) is 3.71. The molecule has 0 radical (unpaired) electrons. The van der Waals surface area contributed by atoms with Gasteiger partial charge in [0.15, 0.2) is 28.8 Å². The van der Waals surface area contributed by atoms with Crippen LogP contribution < -0.4 is 23.7 Å². The van der Waals surface area contributed by atoms with Gasteiger partial charge in [-0.25, -0.2) is 0 Å². The van der Waals surface area contributed by atoms with Crippen molar-refractivity contribution in [2.24, 2.45) is 0 Å². The monoisotopic (exact) mass is 356 g/mol. The Bertz CT molecular complexity index is 873. The third-order valence-electron chi connectivity index (χ3n) is 4.88. The largest absolute Gasteiger partial charge is 0.493 e. The van der Waals surface area contributed by atoms with Gasteiger partial charge in [0, 0.05) is 23.5 Å². The predicted molar refractivity (Wildman–Crippen MR) is 94.3 cm³/mol. The molecule has 0 saturated carbocycles. The summed E-state index contributed by atoms with van der Waals surface area (Å²) < 4.78 is 27.8. The van der Waals surface area contributed by atoms with Gasteiger partial charge in [-0.3, -0.25) is 4.79 Å². The van der Waals surface area contributed by atoms with Crippen molar-refractivity contribution in [3.63, 3.8) is 0 Å². The minimum absolute atomic E-state index is 0.0548. The van der Waals surface area contributed by atoms with Crippen molar-refractivity contribution in [1.82, 2.24) is 0 Å². The summed E-state index contributed by atoms with van der Waals surface area (Å²) in [5.74, 6) is 2.86. The number of ketones is 1. The first-order valence-corrected chi connectivity index (χ1v) is 8.43. The van der Waals surface area contributed by atoms with Gasteiger partial charge in [0.25, 0.3) is 0 Å². The van der Waals surface area contributed by atoms with Crippen molar-refractivity contribution in [1.29, 1.82) is 0 Å². The molecule has 1 aliphatic carbocycles. The van der Waals surface area contributed by atoms with Gasteiger partial charge in [-0.2, -0.15) is 0 Å². The molecule has 6 heteroatoms. The molecule has 136 valence electrons. The van der Waals surface area contributed by atoms with Crippen LogP contribution in [0.25, 0.3) is 0 Å². The fraction of sp³-hybridized carbons (Fsp3) is 0.350. The Morgan fingerprint density at radius 1 is 0.923 bits per heavy atom. The molecule has 1 atom stereocenters. The highest BCUT2D eigenvalue weighted by Crippen LogP contribution is 2.51. The number of hydrogen-bond acceptors (Lipinski definition) is 6. The van der Waals surface area contributed by atoms with Gasteiger partial charge in [-0.1, -0.05) is 6.07 Å². The molecule has 0 amide bonds. The number of ether oxygens (including phenoxy) is 5. The molecule has 4 rings (SSSR count). The van der Waals surface area contributed by atoms with E-state index >= 15 is 0 Å². The molecule has 1 unspecified atom stereocenters. The molecule has 0 fully saturated rings. The average molecular weight is 356 g/mol. The third kappa shape index (κ3) is 2.44. The third-order valence-corrected chi connectivity index (χ3v) is 4.88. The summed E-state index contributed by atoms with van der Waals surface area (Å²) in [4.78, 5) is 12.7. The number of fused-ring (bicyclic) bond motifs is 2. The van der Waals surface area contributed by atoms with Crippen molar-refractivity contribution < 1.29 is 28.5 Å². The van der Waals surface area contributed by atoms with Gasteiger partial charge in [0.1, 0.15) is 13.2 Å². The molecular weight excluding hydrogens is 336 g/mol. The zero-order valence-corrected chi connectivity index (χ0v) is 15.0. The molecule has 2 aromatic carbocycles. The summed E-state index contributed by atoms with van der Waals surface area (Å²) in [5.41, 5.74) is 2.41. The molecular formula is C20H20O6. The lowest BCUT2D eigenvalue weighted by atomic mass is 9.91. The molecule has 0 aromatic heterocycles. The standard InChI is InChI=1S/C20H20O6/c1-22-17-10-13-14(21)9-12(18(13)20(24-3)19(17)23-2)11-4-5-15-16(8-11)26-7-6-25-15/h4-5,8,10,12H,6-7,9H2,1-3H3. The van der Waals surface area contributed by atoms with E-state index in [4.69, 9.17) is 23.7 Å². The molecule has 0 spiro atoms. The van der Waals surface area contributed by atoms with Crippen molar-refractivity contribution >= 4 is 5.78 Å². The van der Waals surface area contributed by atoms with Crippen LogP contribution in [0.3, 0.4) is 0 Å². The van der Waals surface area contributed by atoms with Gasteiger partial charge in [0.2, 0.25) is 5.75 Å². The lowest BCUT2D eigenvalue weighted by molar-refractivity contribution is 0.0991. The summed E-state index contributed by atoms with van der Waals surface area (Å²) in [6.07, 6.45) is 0.363. The summed E-state index contributed by atoms with van der Waals surface area (Å²) >= 11 is 0. The maximum absolute atomic E-state index is 12.7. The van der Waals surface area contributed by atoms with Crippen molar-refractivity contribution in [3.05, 3.63) is 41.0 Å². The summed E-state index contributed by atoms with van der Waals surface area (Å²) in [5, 5.41) is 0. The van der Waals surface area contributed by atoms with Crippen LogP contribution in [-0.2, 0) is 0 Å². The van der Waals surface area contributed by atoms with E-state index in [0.717, 1.165) is 16.9 Å². The Kier molecular flexibility index (Phi) is 4.11. The van der Waals surface area contributed by atoms with Crippen LogP contribution in [0.4, 0.5) is 0 Å². The summed E-state index contributed by atoms with van der Waals surface area (Å²) in [7, 11) is 4.67. The van der Waals surface area contributed by atoms with E-state index in [1.54, 1.807) is 27.4 Å². The summed E-state index contributed by atoms with van der Waals surface area (Å²) in [6.45, 7) is 1.06. The number of rotatable bonds is 4. The van der Waals surface area contributed by atoms with E-state index < -0.39 is 0 Å². The summed E-state index contributed by atoms with van der Waals surface area (Å²) in [6, 6.07) is 7.53. The highest BCUT2D eigenvalue weighted by atomic mass is 16.6. The van der Waals surface area contributed by atoms with Gasteiger partial charge in [-0.15, -0.1) is 0 Å². The van der Waals surface area contributed by atoms with Crippen molar-refractivity contribution in [2.75, 3.05) is 34.5 Å². The van der Waals surface area contributed by atoms with Gasteiger partial charge in [-0.05, 0) is 23.8 Å². The Labute approximate surface area is 151 Å². The Balaban J connectivity index is 1.87. The van der Waals surface area contributed by atoms with E-state index in [9.17, 15) is 4.79 Å². The first kappa shape index (κ1) is 16.6. The van der Waals surface area contributed by atoms with Crippen LogP contribution in [-0.4, -0.2) is 40.3 Å². The van der Waals surface area contributed by atoms with Crippen molar-refractivity contribution in [2.45, 2.75) is 12.3 Å². The number of Topliss-reactive ketones (excluding diaryl/α,β-unsaturated/α-hetero) is 1. The number of carbonyl (C=O) groups is 1. The quantitative estimate of drug-likeness (QED) is 0.838. The number of hydrogen-bond donors (Lipinski definition) is 0. The van der Waals surface area contributed by atoms with E-state index in [1.165, 1.54) is 0 Å². The Hall–Kier alpha value is -2.89. The average Bonchev–Trinajstić information content (AvgIpc) is 3.02. The SMILES string of the molecule is COc1cc2c(c(OC)c1OC)C(c1ccc3c(c1)OCCO3)CC2=O. The minimum atomic E-state index is -0.136. The topological polar surface area (TPSA) is 63.2 Å². The molecule has 1 heterocycles. The van der Waals surface area contributed by atoms with E-state index in [1.807, 2.05) is 18.2 Å². The molecule has 2 aromatic rings. The van der Waals surface area contributed by atoms with Crippen molar-refractivity contribution in [3.8, 4) is 28.7 Å². The number of carbonyl (C=O) groups excluding carboxylic acids is 1. The molecule has 26 heavy (non-hydrogen) atoms. The van der Waals surface area contributed by atoms with Gasteiger partial charge < -0.3 is 23.7 Å². The minimum Gasteiger partial charge on any atom is -0.493 e. The maximum Gasteiger partial charge on any atom is 0.203 e. The van der Waals surface area contributed by atoms with E-state index in [-0.39, 0.29) is 11.7 Å². The first-order valence-electron chi connectivity index (χ1n) is 8.43. The smallest absolute Gasteiger partial charge is 0.203 e. The van der Waals surface area contributed by atoms with Gasteiger partial charge >= 0.3 is 0 Å². The highest BCUT2D eigenvalue weighted by molar-refractivity contribution is 6.03. The molecule has 2 aliphatic rings. The van der Waals surface area contributed by atoms with Crippen LogP contribution in [0.2, 0.25) is 0 Å². The van der Waals surface area contributed by atoms with Crippen LogP contribution >= 0.6 is 0 Å². The van der Waals surface area contributed by atoms with Crippen LogP contribution in [0.5, 0.6) is 28.7 Å². The second-order valence-corrected chi connectivity index (χ2v) is 6.19. The van der Waals surface area contributed by atoms with Gasteiger partial charge in [0.05, 0.1) is 21.3 Å². The van der Waals surface area contributed by atoms with E-state index in [2.05, 4.69) is 0 Å². The lowest BCUT2D eigenvalue weighted by Gasteiger charge is -2.22. The normalized spacial score (nSPS) is 17.7. The first-order chi connectivity index (χ1) is 12.7. The predicted octanol–water partition coefficient (Wildman–Crippen LogP) is 3.20. The molecule has 0 bridgehead atoms. The number of benzene rings is 2. The van der Waals surface area contributed by atoms with Crippen LogP contribution in [0, 0.1) is 0 Å². The molecule has 6 nitrogen and oxygen atoms in total. The maximum atomic E-state index is 12.7.